The number of nitrogens with zero attached hydrogens (tertiary/aromatic N) is 2. The number of ether oxygens (including phenoxy) is 1. The quantitative estimate of drug-likeness (QED) is 0.209. The summed E-state index contributed by atoms with van der Waals surface area (Å²) >= 11 is 0. The number of imidazole rings is 1. The van der Waals surface area contributed by atoms with E-state index in [0.29, 0.717) is 11.8 Å². The van der Waals surface area contributed by atoms with Crippen molar-refractivity contribution in [3.05, 3.63) is 119 Å². The molecular formula is C40H36N2O2. The predicted molar refractivity (Wildman–Crippen MR) is 181 cm³/mol. The molecule has 2 aromatic heterocycles. The smallest absolute Gasteiger partial charge is 0.149 e. The molecule has 44 heavy (non-hydrogen) atoms. The highest BCUT2D eigenvalue weighted by molar-refractivity contribution is 6.10. The second kappa shape index (κ2) is 9.59. The molecule has 0 N–H and O–H groups in total. The number of furan rings is 1. The van der Waals surface area contributed by atoms with Crippen LogP contribution in [0, 0.1) is 0 Å². The van der Waals surface area contributed by atoms with Gasteiger partial charge < -0.3 is 9.15 Å². The Hall–Kier alpha value is -4.83. The van der Waals surface area contributed by atoms with Gasteiger partial charge in [-0.05, 0) is 53.3 Å². The number of hydrogen-bond donors (Lipinski definition) is 0. The topological polar surface area (TPSA) is 40.2 Å². The monoisotopic (exact) mass is 576 g/mol. The van der Waals surface area contributed by atoms with E-state index in [1.807, 2.05) is 12.1 Å². The summed E-state index contributed by atoms with van der Waals surface area (Å²) in [6.07, 6.45) is 0. The fraction of sp³-hybridized carbons (Fsp3) is 0.225. The standard InChI is InChI=1S/C40H36N2O2/c1-23(2)25-13-11-14-26(24(3)4)37(25)42-33-19-9-8-18-32(33)41-39(42)28-16-12-15-27-29-21-31-36(22-35(29)44-38(27)28)43-34-20-10-7-17-30(34)40(31,5)6/h7-24H,1-6H3. The predicted octanol–water partition coefficient (Wildman–Crippen LogP) is 11.3. The minimum atomic E-state index is -0.207. The van der Waals surface area contributed by atoms with Crippen LogP contribution in [-0.4, -0.2) is 9.55 Å². The highest BCUT2D eigenvalue weighted by Crippen LogP contribution is 2.50. The molecule has 3 heterocycles. The molecule has 0 unspecified atom stereocenters. The molecule has 1 aliphatic rings. The average molecular weight is 577 g/mol. The van der Waals surface area contributed by atoms with Gasteiger partial charge in [0.05, 0.1) is 22.3 Å². The molecule has 4 heteroatoms. The molecule has 0 saturated heterocycles. The lowest BCUT2D eigenvalue weighted by Gasteiger charge is -2.34. The molecule has 0 amide bonds. The van der Waals surface area contributed by atoms with Crippen LogP contribution in [0.4, 0.5) is 0 Å². The Morgan fingerprint density at radius 2 is 1.39 bits per heavy atom. The number of hydrogen-bond acceptors (Lipinski definition) is 3. The zero-order valence-corrected chi connectivity index (χ0v) is 26.1. The van der Waals surface area contributed by atoms with Crippen molar-refractivity contribution in [1.82, 2.24) is 9.55 Å². The van der Waals surface area contributed by atoms with Gasteiger partial charge in [-0.2, -0.15) is 0 Å². The van der Waals surface area contributed by atoms with E-state index in [-0.39, 0.29) is 5.41 Å². The molecule has 218 valence electrons. The van der Waals surface area contributed by atoms with Gasteiger partial charge in [-0.15, -0.1) is 0 Å². The summed E-state index contributed by atoms with van der Waals surface area (Å²) in [4.78, 5) is 5.29. The van der Waals surface area contributed by atoms with Crippen molar-refractivity contribution in [3.8, 4) is 28.6 Å². The molecule has 0 atom stereocenters. The van der Waals surface area contributed by atoms with E-state index in [1.54, 1.807) is 0 Å². The van der Waals surface area contributed by atoms with Gasteiger partial charge in [-0.25, -0.2) is 4.98 Å². The van der Waals surface area contributed by atoms with Gasteiger partial charge in [0.15, 0.2) is 0 Å². The van der Waals surface area contributed by atoms with E-state index in [2.05, 4.69) is 131 Å². The average Bonchev–Trinajstić information content (AvgIpc) is 3.58. The van der Waals surface area contributed by atoms with Crippen molar-refractivity contribution in [2.45, 2.75) is 58.8 Å². The SMILES string of the molecule is CC(C)c1cccc(C(C)C)c1-n1c(-c2cccc3c2oc2cc4c(cc23)C(C)(C)c2ccccc2O4)nc2ccccc21. The number of fused-ring (bicyclic) bond motifs is 6. The Morgan fingerprint density at radius 3 is 2.16 bits per heavy atom. The Bertz CT molecular complexity index is 2220. The fourth-order valence-corrected chi connectivity index (χ4v) is 7.11. The van der Waals surface area contributed by atoms with E-state index in [1.165, 1.54) is 22.4 Å². The summed E-state index contributed by atoms with van der Waals surface area (Å²) in [6.45, 7) is 13.6. The van der Waals surface area contributed by atoms with Gasteiger partial charge in [-0.3, -0.25) is 4.57 Å². The van der Waals surface area contributed by atoms with Crippen molar-refractivity contribution in [3.63, 3.8) is 0 Å². The van der Waals surface area contributed by atoms with Crippen LogP contribution >= 0.6 is 0 Å². The van der Waals surface area contributed by atoms with Gasteiger partial charge in [0.2, 0.25) is 0 Å². The lowest BCUT2D eigenvalue weighted by Crippen LogP contribution is -2.24. The molecule has 4 nitrogen and oxygen atoms in total. The van der Waals surface area contributed by atoms with E-state index in [9.17, 15) is 0 Å². The lowest BCUT2D eigenvalue weighted by atomic mass is 9.75. The highest BCUT2D eigenvalue weighted by Gasteiger charge is 2.35. The van der Waals surface area contributed by atoms with Crippen LogP contribution in [0.15, 0.2) is 101 Å². The minimum absolute atomic E-state index is 0.207. The summed E-state index contributed by atoms with van der Waals surface area (Å²) in [7, 11) is 0. The van der Waals surface area contributed by atoms with Crippen LogP contribution in [0.3, 0.4) is 0 Å². The maximum Gasteiger partial charge on any atom is 0.149 e. The molecule has 5 aromatic carbocycles. The van der Waals surface area contributed by atoms with Crippen molar-refractivity contribution >= 4 is 33.0 Å². The van der Waals surface area contributed by atoms with Crippen LogP contribution < -0.4 is 4.74 Å². The van der Waals surface area contributed by atoms with Crippen LogP contribution in [0.5, 0.6) is 11.5 Å². The third-order valence-electron chi connectivity index (χ3n) is 9.42. The Kier molecular flexibility index (Phi) is 5.83. The Labute approximate surface area is 257 Å². The molecule has 1 aliphatic heterocycles. The van der Waals surface area contributed by atoms with Crippen LogP contribution in [0.1, 0.15) is 75.6 Å². The first-order valence-electron chi connectivity index (χ1n) is 15.6. The lowest BCUT2D eigenvalue weighted by molar-refractivity contribution is 0.418. The number of para-hydroxylation sites is 5. The Morgan fingerprint density at radius 1 is 0.682 bits per heavy atom. The Balaban J connectivity index is 1.42. The summed E-state index contributed by atoms with van der Waals surface area (Å²) in [6, 6.07) is 34.3. The largest absolute Gasteiger partial charge is 0.457 e. The molecule has 0 bridgehead atoms. The first-order valence-corrected chi connectivity index (χ1v) is 15.6. The highest BCUT2D eigenvalue weighted by atomic mass is 16.5. The molecular weight excluding hydrogens is 540 g/mol. The summed E-state index contributed by atoms with van der Waals surface area (Å²) < 4.78 is 15.6. The van der Waals surface area contributed by atoms with Gasteiger partial charge in [-0.1, -0.05) is 102 Å². The second-order valence-electron chi connectivity index (χ2n) is 13.2. The van der Waals surface area contributed by atoms with Crippen LogP contribution in [-0.2, 0) is 5.41 Å². The second-order valence-corrected chi connectivity index (χ2v) is 13.2. The zero-order valence-electron chi connectivity index (χ0n) is 26.1. The van der Waals surface area contributed by atoms with Crippen LogP contribution in [0.25, 0.3) is 50.0 Å². The third-order valence-corrected chi connectivity index (χ3v) is 9.42. The van der Waals surface area contributed by atoms with Gasteiger partial charge in [0, 0.05) is 33.4 Å². The fourth-order valence-electron chi connectivity index (χ4n) is 7.11. The van der Waals surface area contributed by atoms with Gasteiger partial charge >= 0.3 is 0 Å². The molecule has 0 aliphatic carbocycles. The maximum absolute atomic E-state index is 6.77. The summed E-state index contributed by atoms with van der Waals surface area (Å²) in [5.74, 6) is 3.33. The zero-order chi connectivity index (χ0) is 30.3. The van der Waals surface area contributed by atoms with Crippen molar-refractivity contribution in [1.29, 1.82) is 0 Å². The normalized spacial score (nSPS) is 14.0. The molecule has 0 radical (unpaired) electrons. The maximum atomic E-state index is 6.77. The first-order chi connectivity index (χ1) is 21.2. The number of aromatic nitrogens is 2. The van der Waals surface area contributed by atoms with E-state index < -0.39 is 0 Å². The molecule has 8 rings (SSSR count). The first kappa shape index (κ1) is 26.8. The molecule has 0 saturated carbocycles. The van der Waals surface area contributed by atoms with Crippen LogP contribution in [0.2, 0.25) is 0 Å². The van der Waals surface area contributed by atoms with Gasteiger partial charge in [0.25, 0.3) is 0 Å². The van der Waals surface area contributed by atoms with E-state index in [0.717, 1.165) is 61.4 Å². The van der Waals surface area contributed by atoms with Crippen molar-refractivity contribution in [2.24, 2.45) is 0 Å². The third kappa shape index (κ3) is 3.80. The minimum Gasteiger partial charge on any atom is -0.457 e. The number of rotatable bonds is 4. The van der Waals surface area contributed by atoms with Crippen molar-refractivity contribution < 1.29 is 9.15 Å². The molecule has 0 spiro atoms. The van der Waals surface area contributed by atoms with Gasteiger partial charge in [0.1, 0.15) is 28.5 Å². The van der Waals surface area contributed by atoms with E-state index in [4.69, 9.17) is 14.1 Å². The number of benzene rings is 5. The van der Waals surface area contributed by atoms with Crippen molar-refractivity contribution in [2.75, 3.05) is 0 Å². The molecule has 7 aromatic rings. The molecule has 0 fully saturated rings. The summed E-state index contributed by atoms with van der Waals surface area (Å²) in [5.41, 5.74) is 10.7. The summed E-state index contributed by atoms with van der Waals surface area (Å²) in [5, 5.41) is 2.17. The van der Waals surface area contributed by atoms with E-state index >= 15 is 0 Å².